The maximum Gasteiger partial charge on any atom is 0.159 e. The number of ether oxygens (including phenoxy) is 1. The van der Waals surface area contributed by atoms with Gasteiger partial charge in [-0.05, 0) is 38.3 Å². The Hall–Kier alpha value is -1.28. The summed E-state index contributed by atoms with van der Waals surface area (Å²) in [5.41, 5.74) is 0.368. The lowest BCUT2D eigenvalue weighted by atomic mass is 9.83. The van der Waals surface area contributed by atoms with Gasteiger partial charge in [0.25, 0.3) is 0 Å². The molecular formula is C18H26ClFN2O4. The first-order chi connectivity index (χ1) is 12.5. The molecule has 2 aliphatic rings. The zero-order valence-corrected chi connectivity index (χ0v) is 15.2. The van der Waals surface area contributed by atoms with Gasteiger partial charge in [-0.1, -0.05) is 0 Å². The first-order valence-electron chi connectivity index (χ1n) is 9.00. The van der Waals surface area contributed by atoms with Crippen LogP contribution in [-0.4, -0.2) is 58.9 Å². The van der Waals surface area contributed by atoms with E-state index in [0.717, 1.165) is 25.9 Å². The molecule has 8 heteroatoms. The van der Waals surface area contributed by atoms with Gasteiger partial charge in [0.15, 0.2) is 6.23 Å². The third kappa shape index (κ3) is 4.71. The fourth-order valence-corrected chi connectivity index (χ4v) is 4.10. The second-order valence-corrected chi connectivity index (χ2v) is 7.52. The van der Waals surface area contributed by atoms with Crippen LogP contribution in [0.5, 0.6) is 11.5 Å². The molecule has 26 heavy (non-hydrogen) atoms. The van der Waals surface area contributed by atoms with Crippen LogP contribution in [0.3, 0.4) is 0 Å². The molecule has 0 bridgehead atoms. The number of rotatable bonds is 6. The van der Waals surface area contributed by atoms with E-state index in [0.29, 0.717) is 11.6 Å². The van der Waals surface area contributed by atoms with Gasteiger partial charge in [-0.25, -0.2) is 4.39 Å². The molecule has 2 saturated heterocycles. The molecule has 1 aromatic carbocycles. The van der Waals surface area contributed by atoms with E-state index in [9.17, 15) is 19.7 Å². The molecule has 2 aliphatic heterocycles. The fraction of sp³-hybridized carbons (Fsp3) is 0.667. The molecule has 6 unspecified atom stereocenters. The van der Waals surface area contributed by atoms with Gasteiger partial charge in [0.2, 0.25) is 0 Å². The van der Waals surface area contributed by atoms with Gasteiger partial charge in [0.1, 0.15) is 17.7 Å². The highest BCUT2D eigenvalue weighted by Gasteiger charge is 2.42. The molecule has 6 atom stereocenters. The molecule has 3 rings (SSSR count). The standard InChI is InChI=1S/C18H26ClFN2O4/c19-8-16(25)14-7-15(20)18(22-11-4-12(23)6-13(24)5-11)26-17(14)3-10-1-2-21-9-10/h4-6,10,14-18,21-25H,1-3,7-9H2. The van der Waals surface area contributed by atoms with E-state index in [1.54, 1.807) is 0 Å². The van der Waals surface area contributed by atoms with Crippen molar-refractivity contribution in [3.05, 3.63) is 18.2 Å². The van der Waals surface area contributed by atoms with Crippen molar-refractivity contribution >= 4 is 17.3 Å². The summed E-state index contributed by atoms with van der Waals surface area (Å²) < 4.78 is 20.7. The summed E-state index contributed by atoms with van der Waals surface area (Å²) in [5, 5.41) is 35.6. The van der Waals surface area contributed by atoms with Crippen LogP contribution in [0.2, 0.25) is 0 Å². The first-order valence-corrected chi connectivity index (χ1v) is 9.53. The number of hydrogen-bond donors (Lipinski definition) is 5. The number of hydrogen-bond acceptors (Lipinski definition) is 6. The molecule has 6 nitrogen and oxygen atoms in total. The van der Waals surface area contributed by atoms with Gasteiger partial charge in [0.05, 0.1) is 12.2 Å². The molecule has 0 amide bonds. The number of aromatic hydroxyl groups is 2. The van der Waals surface area contributed by atoms with E-state index in [-0.39, 0.29) is 35.8 Å². The fourth-order valence-electron chi connectivity index (χ4n) is 3.87. The molecule has 2 fully saturated rings. The molecule has 5 N–H and O–H groups in total. The summed E-state index contributed by atoms with van der Waals surface area (Å²) in [5.74, 6) is -0.144. The number of nitrogens with one attached hydrogen (secondary N) is 2. The number of phenolic OH excluding ortho intramolecular Hbond substituents is 2. The molecule has 0 saturated carbocycles. The third-order valence-corrected chi connectivity index (χ3v) is 5.53. The molecule has 1 aromatic rings. The summed E-state index contributed by atoms with van der Waals surface area (Å²) in [6, 6.07) is 3.99. The second kappa shape index (κ2) is 8.61. The molecule has 0 aromatic heterocycles. The van der Waals surface area contributed by atoms with Gasteiger partial charge >= 0.3 is 0 Å². The molecule has 0 radical (unpaired) electrons. The molecule has 146 valence electrons. The minimum atomic E-state index is -1.35. The molecule has 2 heterocycles. The Kier molecular flexibility index (Phi) is 6.45. The maximum atomic E-state index is 14.7. The van der Waals surface area contributed by atoms with E-state index in [1.807, 2.05) is 0 Å². The summed E-state index contributed by atoms with van der Waals surface area (Å²) in [4.78, 5) is 0. The minimum Gasteiger partial charge on any atom is -0.508 e. The summed E-state index contributed by atoms with van der Waals surface area (Å²) in [6.07, 6.45) is -1.51. The lowest BCUT2D eigenvalue weighted by Gasteiger charge is -2.41. The number of aliphatic hydroxyl groups excluding tert-OH is 1. The number of benzene rings is 1. The van der Waals surface area contributed by atoms with Crippen molar-refractivity contribution < 1.29 is 24.4 Å². The van der Waals surface area contributed by atoms with Crippen LogP contribution >= 0.6 is 11.6 Å². The van der Waals surface area contributed by atoms with Crippen LogP contribution < -0.4 is 10.6 Å². The normalized spacial score (nSPS) is 33.1. The minimum absolute atomic E-state index is 0.0404. The van der Waals surface area contributed by atoms with Crippen LogP contribution in [0.4, 0.5) is 10.1 Å². The zero-order valence-electron chi connectivity index (χ0n) is 14.4. The van der Waals surface area contributed by atoms with Crippen molar-refractivity contribution in [2.24, 2.45) is 11.8 Å². The van der Waals surface area contributed by atoms with E-state index in [1.165, 1.54) is 18.2 Å². The number of alkyl halides is 2. The first kappa shape index (κ1) is 19.5. The van der Waals surface area contributed by atoms with Crippen molar-refractivity contribution in [1.82, 2.24) is 5.32 Å². The number of anilines is 1. The Bertz CT molecular complexity index is 582. The van der Waals surface area contributed by atoms with Gasteiger partial charge < -0.3 is 30.7 Å². The number of halogens is 2. The lowest BCUT2D eigenvalue weighted by Crippen LogP contribution is -2.50. The Morgan fingerprint density at radius 1 is 1.31 bits per heavy atom. The summed E-state index contributed by atoms with van der Waals surface area (Å²) >= 11 is 5.80. The van der Waals surface area contributed by atoms with E-state index in [2.05, 4.69) is 10.6 Å². The van der Waals surface area contributed by atoms with Crippen LogP contribution in [0.25, 0.3) is 0 Å². The Labute approximate surface area is 157 Å². The van der Waals surface area contributed by atoms with E-state index >= 15 is 0 Å². The third-order valence-electron chi connectivity index (χ3n) is 5.22. The van der Waals surface area contributed by atoms with Crippen LogP contribution in [0.1, 0.15) is 19.3 Å². The van der Waals surface area contributed by atoms with E-state index < -0.39 is 18.5 Å². The smallest absolute Gasteiger partial charge is 0.159 e. The topological polar surface area (TPSA) is 94.0 Å². The number of phenols is 2. The lowest BCUT2D eigenvalue weighted by molar-refractivity contribution is -0.139. The molecular weight excluding hydrogens is 363 g/mol. The van der Waals surface area contributed by atoms with Crippen LogP contribution in [0.15, 0.2) is 18.2 Å². The molecule has 0 aliphatic carbocycles. The highest BCUT2D eigenvalue weighted by molar-refractivity contribution is 6.18. The van der Waals surface area contributed by atoms with Crippen LogP contribution in [0, 0.1) is 11.8 Å². The highest BCUT2D eigenvalue weighted by Crippen LogP contribution is 2.36. The Morgan fingerprint density at radius 3 is 2.65 bits per heavy atom. The largest absolute Gasteiger partial charge is 0.508 e. The number of aliphatic hydroxyl groups is 1. The van der Waals surface area contributed by atoms with Crippen molar-refractivity contribution in [2.75, 3.05) is 24.3 Å². The van der Waals surface area contributed by atoms with E-state index in [4.69, 9.17) is 16.3 Å². The monoisotopic (exact) mass is 388 g/mol. The Balaban J connectivity index is 1.72. The van der Waals surface area contributed by atoms with Crippen molar-refractivity contribution in [1.29, 1.82) is 0 Å². The van der Waals surface area contributed by atoms with Crippen molar-refractivity contribution in [3.63, 3.8) is 0 Å². The van der Waals surface area contributed by atoms with Gasteiger partial charge in [-0.15, -0.1) is 11.6 Å². The second-order valence-electron chi connectivity index (χ2n) is 7.21. The van der Waals surface area contributed by atoms with Crippen molar-refractivity contribution in [2.45, 2.75) is 43.9 Å². The highest BCUT2D eigenvalue weighted by atomic mass is 35.5. The summed E-state index contributed by atoms with van der Waals surface area (Å²) in [7, 11) is 0. The van der Waals surface area contributed by atoms with Gasteiger partial charge in [0, 0.05) is 35.7 Å². The van der Waals surface area contributed by atoms with Gasteiger partial charge in [-0.2, -0.15) is 0 Å². The van der Waals surface area contributed by atoms with Gasteiger partial charge in [-0.3, -0.25) is 0 Å². The van der Waals surface area contributed by atoms with Crippen LogP contribution in [-0.2, 0) is 4.74 Å². The predicted molar refractivity (Wildman–Crippen MR) is 97.4 cm³/mol. The zero-order chi connectivity index (χ0) is 18.7. The van der Waals surface area contributed by atoms with Crippen molar-refractivity contribution in [3.8, 4) is 11.5 Å². The average molecular weight is 389 g/mol. The summed E-state index contributed by atoms with van der Waals surface area (Å²) in [6.45, 7) is 1.84. The SMILES string of the molecule is Oc1cc(O)cc(NC2OC(CC3CCNC3)C(C(O)CCl)CC2F)c1. The quantitative estimate of drug-likeness (QED) is 0.480. The predicted octanol–water partition coefficient (Wildman–Crippen LogP) is 2.18. The average Bonchev–Trinajstić information content (AvgIpc) is 3.09. The maximum absolute atomic E-state index is 14.7. The Morgan fingerprint density at radius 2 is 2.04 bits per heavy atom. The molecule has 0 spiro atoms.